The Labute approximate surface area is 121 Å². The fraction of sp³-hybridized carbons (Fsp3) is 0.368. The van der Waals surface area contributed by atoms with Crippen molar-refractivity contribution < 1.29 is 4.74 Å². The van der Waals surface area contributed by atoms with E-state index in [-0.39, 0.29) is 0 Å². The van der Waals surface area contributed by atoms with Gasteiger partial charge in [0.1, 0.15) is 12.4 Å². The molecule has 3 rings (SSSR count). The average Bonchev–Trinajstić information content (AvgIpc) is 2.95. The van der Waals surface area contributed by atoms with E-state index in [1.54, 1.807) is 0 Å². The van der Waals surface area contributed by atoms with Gasteiger partial charge < -0.3 is 4.74 Å². The minimum atomic E-state index is 0.353. The second-order valence-corrected chi connectivity index (χ2v) is 6.07. The van der Waals surface area contributed by atoms with Gasteiger partial charge in [-0.3, -0.25) is 0 Å². The van der Waals surface area contributed by atoms with Crippen LogP contribution in [0.3, 0.4) is 0 Å². The van der Waals surface area contributed by atoms with E-state index >= 15 is 0 Å². The standard InChI is InChI=1S/C19H22O/c1-19(12-5-6-13-19)17-10-7-11-18(14-17)20-15-16-8-3-2-4-9-16/h2-4,7-11,14H,5-6,12-13,15H2,1H3. The summed E-state index contributed by atoms with van der Waals surface area (Å²) in [5.41, 5.74) is 3.00. The highest BCUT2D eigenvalue weighted by Crippen LogP contribution is 2.41. The second-order valence-electron chi connectivity index (χ2n) is 6.07. The molecule has 2 aromatic rings. The van der Waals surface area contributed by atoms with Gasteiger partial charge in [-0.15, -0.1) is 0 Å². The summed E-state index contributed by atoms with van der Waals surface area (Å²) in [6, 6.07) is 19.0. The first-order valence-corrected chi connectivity index (χ1v) is 7.54. The van der Waals surface area contributed by atoms with Gasteiger partial charge in [-0.2, -0.15) is 0 Å². The van der Waals surface area contributed by atoms with Crippen molar-refractivity contribution in [3.8, 4) is 5.75 Å². The third kappa shape index (κ3) is 2.87. The first-order chi connectivity index (χ1) is 9.76. The number of hydrogen-bond acceptors (Lipinski definition) is 1. The molecule has 104 valence electrons. The molecule has 1 heteroatoms. The van der Waals surface area contributed by atoms with Crippen LogP contribution in [-0.2, 0) is 12.0 Å². The molecule has 0 unspecified atom stereocenters. The highest BCUT2D eigenvalue weighted by Gasteiger charge is 2.30. The molecule has 0 amide bonds. The lowest BCUT2D eigenvalue weighted by Crippen LogP contribution is -2.16. The Bertz CT molecular complexity index is 553. The molecule has 0 saturated heterocycles. The molecule has 1 aliphatic carbocycles. The van der Waals surface area contributed by atoms with Crippen molar-refractivity contribution in [1.29, 1.82) is 0 Å². The average molecular weight is 266 g/mol. The van der Waals surface area contributed by atoms with Crippen molar-refractivity contribution in [2.75, 3.05) is 0 Å². The lowest BCUT2D eigenvalue weighted by molar-refractivity contribution is 0.305. The maximum Gasteiger partial charge on any atom is 0.120 e. The van der Waals surface area contributed by atoms with Gasteiger partial charge in [-0.1, -0.05) is 62.2 Å². The largest absolute Gasteiger partial charge is 0.489 e. The van der Waals surface area contributed by atoms with Crippen LogP contribution in [0.25, 0.3) is 0 Å². The number of ether oxygens (including phenoxy) is 1. The van der Waals surface area contributed by atoms with Crippen molar-refractivity contribution in [2.45, 2.75) is 44.6 Å². The summed E-state index contributed by atoms with van der Waals surface area (Å²) in [5, 5.41) is 0. The molecule has 1 nitrogen and oxygen atoms in total. The van der Waals surface area contributed by atoms with E-state index in [0.717, 1.165) is 5.75 Å². The zero-order chi connectivity index (χ0) is 13.8. The van der Waals surface area contributed by atoms with Crippen LogP contribution in [0.15, 0.2) is 54.6 Å². The zero-order valence-electron chi connectivity index (χ0n) is 12.1. The Morgan fingerprint density at radius 2 is 1.70 bits per heavy atom. The lowest BCUT2D eigenvalue weighted by Gasteiger charge is -2.24. The molecule has 20 heavy (non-hydrogen) atoms. The van der Waals surface area contributed by atoms with Crippen molar-refractivity contribution in [3.05, 3.63) is 65.7 Å². The molecular weight excluding hydrogens is 244 g/mol. The van der Waals surface area contributed by atoms with E-state index in [4.69, 9.17) is 4.74 Å². The molecule has 1 fully saturated rings. The fourth-order valence-electron chi connectivity index (χ4n) is 3.15. The Balaban J connectivity index is 1.71. The molecule has 0 spiro atoms. The second kappa shape index (κ2) is 5.70. The van der Waals surface area contributed by atoms with Gasteiger partial charge in [0.05, 0.1) is 0 Å². The van der Waals surface area contributed by atoms with Crippen LogP contribution in [0.1, 0.15) is 43.7 Å². The van der Waals surface area contributed by atoms with Crippen LogP contribution < -0.4 is 4.74 Å². The fourth-order valence-corrected chi connectivity index (χ4v) is 3.15. The molecule has 0 atom stereocenters. The van der Waals surface area contributed by atoms with Crippen LogP contribution in [-0.4, -0.2) is 0 Å². The molecular formula is C19H22O. The molecule has 1 aliphatic rings. The SMILES string of the molecule is CC1(c2cccc(OCc3ccccc3)c2)CCCC1. The van der Waals surface area contributed by atoms with E-state index < -0.39 is 0 Å². The van der Waals surface area contributed by atoms with E-state index in [1.165, 1.54) is 36.8 Å². The van der Waals surface area contributed by atoms with E-state index in [9.17, 15) is 0 Å². The highest BCUT2D eigenvalue weighted by atomic mass is 16.5. The monoisotopic (exact) mass is 266 g/mol. The van der Waals surface area contributed by atoms with E-state index in [2.05, 4.69) is 55.5 Å². The lowest BCUT2D eigenvalue weighted by atomic mass is 9.81. The van der Waals surface area contributed by atoms with Gasteiger partial charge in [-0.25, -0.2) is 0 Å². The van der Waals surface area contributed by atoms with E-state index in [1.807, 2.05) is 6.07 Å². The predicted molar refractivity (Wildman–Crippen MR) is 83.0 cm³/mol. The highest BCUT2D eigenvalue weighted by molar-refractivity contribution is 5.34. The first-order valence-electron chi connectivity index (χ1n) is 7.54. The van der Waals surface area contributed by atoms with Crippen molar-refractivity contribution in [3.63, 3.8) is 0 Å². The number of benzene rings is 2. The van der Waals surface area contributed by atoms with Crippen LogP contribution in [0.5, 0.6) is 5.75 Å². The molecule has 0 bridgehead atoms. The third-order valence-corrected chi connectivity index (χ3v) is 4.49. The van der Waals surface area contributed by atoms with Gasteiger partial charge in [0, 0.05) is 0 Å². The van der Waals surface area contributed by atoms with E-state index in [0.29, 0.717) is 12.0 Å². The summed E-state index contributed by atoms with van der Waals surface area (Å²) in [7, 11) is 0. The summed E-state index contributed by atoms with van der Waals surface area (Å²) in [6.07, 6.45) is 5.31. The minimum absolute atomic E-state index is 0.353. The van der Waals surface area contributed by atoms with Crippen LogP contribution in [0.2, 0.25) is 0 Å². The first kappa shape index (κ1) is 13.2. The predicted octanol–water partition coefficient (Wildman–Crippen LogP) is 5.10. The van der Waals surface area contributed by atoms with Crippen molar-refractivity contribution >= 4 is 0 Å². The maximum atomic E-state index is 5.94. The van der Waals surface area contributed by atoms with Crippen LogP contribution in [0.4, 0.5) is 0 Å². The maximum absolute atomic E-state index is 5.94. The topological polar surface area (TPSA) is 9.23 Å². The Morgan fingerprint density at radius 1 is 0.950 bits per heavy atom. The van der Waals surface area contributed by atoms with Gasteiger partial charge >= 0.3 is 0 Å². The van der Waals surface area contributed by atoms with Crippen molar-refractivity contribution in [1.82, 2.24) is 0 Å². The Morgan fingerprint density at radius 3 is 2.45 bits per heavy atom. The van der Waals surface area contributed by atoms with Gasteiger partial charge in [-0.05, 0) is 41.5 Å². The zero-order valence-corrected chi connectivity index (χ0v) is 12.1. The van der Waals surface area contributed by atoms with Crippen LogP contribution >= 0.6 is 0 Å². The summed E-state index contributed by atoms with van der Waals surface area (Å²) in [5.74, 6) is 0.986. The third-order valence-electron chi connectivity index (χ3n) is 4.49. The minimum Gasteiger partial charge on any atom is -0.489 e. The van der Waals surface area contributed by atoms with Crippen molar-refractivity contribution in [2.24, 2.45) is 0 Å². The quantitative estimate of drug-likeness (QED) is 0.748. The molecule has 0 N–H and O–H groups in total. The summed E-state index contributed by atoms with van der Waals surface area (Å²) in [4.78, 5) is 0. The molecule has 0 radical (unpaired) electrons. The summed E-state index contributed by atoms with van der Waals surface area (Å²) < 4.78 is 5.94. The molecule has 2 aromatic carbocycles. The number of rotatable bonds is 4. The summed E-state index contributed by atoms with van der Waals surface area (Å²) in [6.45, 7) is 3.03. The summed E-state index contributed by atoms with van der Waals surface area (Å²) >= 11 is 0. The van der Waals surface area contributed by atoms with Gasteiger partial charge in [0.15, 0.2) is 0 Å². The Kier molecular flexibility index (Phi) is 3.77. The molecule has 0 heterocycles. The molecule has 1 saturated carbocycles. The van der Waals surface area contributed by atoms with Gasteiger partial charge in [0.25, 0.3) is 0 Å². The normalized spacial score (nSPS) is 17.1. The number of hydrogen-bond donors (Lipinski definition) is 0. The smallest absolute Gasteiger partial charge is 0.120 e. The molecule has 0 aliphatic heterocycles. The Hall–Kier alpha value is -1.76. The van der Waals surface area contributed by atoms with Crippen LogP contribution in [0, 0.1) is 0 Å². The molecule has 0 aromatic heterocycles. The van der Waals surface area contributed by atoms with Gasteiger partial charge in [0.2, 0.25) is 0 Å².